The van der Waals surface area contributed by atoms with Crippen LogP contribution in [0.4, 0.5) is 0 Å². The van der Waals surface area contributed by atoms with Gasteiger partial charge in [0.15, 0.2) is 5.58 Å². The molecule has 0 unspecified atom stereocenters. The Kier molecular flexibility index (Phi) is 3.85. The number of fused-ring (bicyclic) bond motifs is 1. The van der Waals surface area contributed by atoms with Crippen LogP contribution in [-0.2, 0) is 10.1 Å². The van der Waals surface area contributed by atoms with E-state index in [1.54, 1.807) is 0 Å². The van der Waals surface area contributed by atoms with Crippen LogP contribution in [0.3, 0.4) is 0 Å². The van der Waals surface area contributed by atoms with E-state index in [4.69, 9.17) is 8.97 Å². The van der Waals surface area contributed by atoms with Crippen LogP contribution in [0.25, 0.3) is 11.1 Å². The summed E-state index contributed by atoms with van der Waals surface area (Å²) < 4.78 is 35.2. The molecule has 0 radical (unpaired) electrons. The van der Waals surface area contributed by atoms with E-state index in [0.717, 1.165) is 0 Å². The van der Waals surface area contributed by atoms with Crippen LogP contribution >= 0.6 is 12.6 Å². The van der Waals surface area contributed by atoms with Gasteiger partial charge in [-0.1, -0.05) is 12.6 Å². The van der Waals surface area contributed by atoms with Crippen LogP contribution in [0.5, 0.6) is 0 Å². The fourth-order valence-electron chi connectivity index (χ4n) is 1.05. The predicted molar refractivity (Wildman–Crippen MR) is 58.2 cm³/mol. The fourth-order valence-corrected chi connectivity index (χ4v) is 1.76. The normalized spacial score (nSPS) is 11.3. The number of rotatable bonds is 1. The van der Waals surface area contributed by atoms with Crippen molar-refractivity contribution in [3.8, 4) is 0 Å². The van der Waals surface area contributed by atoms with Gasteiger partial charge < -0.3 is 4.42 Å². The number of nitrogens with zero attached hydrogens (tertiary/aromatic N) is 1. The average molecular weight is 255 g/mol. The summed E-state index contributed by atoms with van der Waals surface area (Å²) in [6.07, 6.45) is 0. The van der Waals surface area contributed by atoms with Crippen LogP contribution in [0.2, 0.25) is 0 Å². The Morgan fingerprint density at radius 2 is 2.07 bits per heavy atom. The quantitative estimate of drug-likeness (QED) is 0.446. The first-order valence-electron chi connectivity index (χ1n) is 3.54. The fraction of sp³-hybridized carbons (Fsp3) is 0. The van der Waals surface area contributed by atoms with E-state index in [2.05, 4.69) is 17.6 Å². The number of benzene rings is 1. The molecule has 1 heterocycles. The number of aromatic nitrogens is 1. The number of hydrogen-bond acceptors (Lipinski definition) is 5. The molecule has 5 nitrogen and oxygen atoms in total. The van der Waals surface area contributed by atoms with Crippen LogP contribution < -0.4 is 0 Å². The summed E-state index contributed by atoms with van der Waals surface area (Å²) >= 11 is 3.86. The standard InChI is InChI=1S/C7H5NO4S2.Na.H/c9-14(10,11)4-1-2-5-6(3-4)12-7(13)8-5;;/h1-3H,(H,8,13)(H,9,10,11);;. The summed E-state index contributed by atoms with van der Waals surface area (Å²) in [5, 5.41) is 0.146. The van der Waals surface area contributed by atoms with Gasteiger partial charge >= 0.3 is 29.6 Å². The molecule has 0 atom stereocenters. The predicted octanol–water partition coefficient (Wildman–Crippen LogP) is 0.715. The van der Waals surface area contributed by atoms with Crippen molar-refractivity contribution in [3.63, 3.8) is 0 Å². The molecule has 1 aromatic carbocycles. The van der Waals surface area contributed by atoms with Gasteiger partial charge in [0, 0.05) is 6.07 Å². The zero-order valence-corrected chi connectivity index (χ0v) is 8.42. The van der Waals surface area contributed by atoms with E-state index in [9.17, 15) is 8.42 Å². The third-order valence-electron chi connectivity index (χ3n) is 1.65. The van der Waals surface area contributed by atoms with Gasteiger partial charge in [-0.05, 0) is 12.1 Å². The molecule has 0 saturated heterocycles. The van der Waals surface area contributed by atoms with Crippen molar-refractivity contribution in [1.82, 2.24) is 4.98 Å². The molecule has 76 valence electrons. The molecule has 0 aliphatic rings. The second-order valence-electron chi connectivity index (χ2n) is 2.60. The summed E-state index contributed by atoms with van der Waals surface area (Å²) in [7, 11) is -4.20. The summed E-state index contributed by atoms with van der Waals surface area (Å²) in [5.41, 5.74) is 0.757. The van der Waals surface area contributed by atoms with Gasteiger partial charge in [0.2, 0.25) is 0 Å². The molecule has 0 bridgehead atoms. The number of hydrogen-bond donors (Lipinski definition) is 2. The molecule has 0 amide bonds. The van der Waals surface area contributed by atoms with Crippen molar-refractivity contribution >= 4 is 63.4 Å². The topological polar surface area (TPSA) is 80.4 Å². The molecular weight excluding hydrogens is 249 g/mol. The molecule has 1 N–H and O–H groups in total. The third-order valence-corrected chi connectivity index (χ3v) is 2.69. The minimum atomic E-state index is -4.20. The van der Waals surface area contributed by atoms with Crippen molar-refractivity contribution in [1.29, 1.82) is 0 Å². The van der Waals surface area contributed by atoms with Crippen molar-refractivity contribution < 1.29 is 17.4 Å². The monoisotopic (exact) mass is 255 g/mol. The van der Waals surface area contributed by atoms with Gasteiger partial charge in [0.25, 0.3) is 15.3 Å². The first kappa shape index (κ1) is 13.0. The maximum atomic E-state index is 10.8. The Morgan fingerprint density at radius 1 is 1.40 bits per heavy atom. The van der Waals surface area contributed by atoms with E-state index >= 15 is 0 Å². The van der Waals surface area contributed by atoms with Crippen LogP contribution in [0.15, 0.2) is 32.7 Å². The summed E-state index contributed by atoms with van der Waals surface area (Å²) in [6, 6.07) is 3.87. The first-order chi connectivity index (χ1) is 6.47. The van der Waals surface area contributed by atoms with Gasteiger partial charge in [-0.2, -0.15) is 8.42 Å². The molecule has 0 aliphatic carbocycles. The number of oxazole rings is 1. The van der Waals surface area contributed by atoms with Crippen LogP contribution in [-0.4, -0.2) is 47.5 Å². The van der Waals surface area contributed by atoms with Crippen LogP contribution in [0.1, 0.15) is 0 Å². The maximum absolute atomic E-state index is 10.8. The van der Waals surface area contributed by atoms with Gasteiger partial charge in [0.05, 0.1) is 4.90 Å². The van der Waals surface area contributed by atoms with Crippen molar-refractivity contribution in [3.05, 3.63) is 18.2 Å². The number of thiol groups is 1. The van der Waals surface area contributed by atoms with E-state index < -0.39 is 10.1 Å². The van der Waals surface area contributed by atoms with Gasteiger partial charge in [0.1, 0.15) is 5.52 Å². The molecule has 2 rings (SSSR count). The molecule has 0 spiro atoms. The minimum absolute atomic E-state index is 0. The Labute approximate surface area is 113 Å². The molecule has 8 heteroatoms. The van der Waals surface area contributed by atoms with Crippen LogP contribution in [0, 0.1) is 0 Å². The van der Waals surface area contributed by atoms with E-state index in [0.29, 0.717) is 5.52 Å². The van der Waals surface area contributed by atoms with E-state index in [-0.39, 0.29) is 45.3 Å². The average Bonchev–Trinajstić information content (AvgIpc) is 2.41. The van der Waals surface area contributed by atoms with Gasteiger partial charge in [-0.15, -0.1) is 0 Å². The molecule has 15 heavy (non-hydrogen) atoms. The first-order valence-corrected chi connectivity index (χ1v) is 5.42. The zero-order valence-electron chi connectivity index (χ0n) is 6.71. The Hall–Kier alpha value is -0.0500. The summed E-state index contributed by atoms with van der Waals surface area (Å²) in [4.78, 5) is 3.63. The third kappa shape index (κ3) is 2.74. The molecule has 0 aliphatic heterocycles. The van der Waals surface area contributed by atoms with Crippen molar-refractivity contribution in [2.75, 3.05) is 0 Å². The van der Waals surface area contributed by atoms with Gasteiger partial charge in [-0.3, -0.25) is 4.55 Å². The van der Waals surface area contributed by atoms with Crippen molar-refractivity contribution in [2.45, 2.75) is 10.1 Å². The molecule has 1 aromatic heterocycles. The molecular formula is C7H6NNaO4S2. The zero-order chi connectivity index (χ0) is 10.3. The van der Waals surface area contributed by atoms with E-state index in [1.165, 1.54) is 18.2 Å². The second kappa shape index (κ2) is 4.44. The second-order valence-corrected chi connectivity index (χ2v) is 4.41. The molecule has 2 aromatic rings. The Balaban J connectivity index is 0.00000112. The Bertz CT molecular complexity index is 592. The molecule has 0 saturated carbocycles. The SMILES string of the molecule is O=S(=O)(O)c1ccc2nc(S)oc2c1.[NaH]. The van der Waals surface area contributed by atoms with Crippen molar-refractivity contribution in [2.24, 2.45) is 0 Å². The van der Waals surface area contributed by atoms with Gasteiger partial charge in [-0.25, -0.2) is 4.98 Å². The van der Waals surface area contributed by atoms with E-state index in [1.807, 2.05) is 0 Å². The Morgan fingerprint density at radius 3 is 2.67 bits per heavy atom. The summed E-state index contributed by atoms with van der Waals surface area (Å²) in [5.74, 6) is 0. The summed E-state index contributed by atoms with van der Waals surface area (Å²) in [6.45, 7) is 0. The molecule has 0 fully saturated rings.